The summed E-state index contributed by atoms with van der Waals surface area (Å²) in [7, 11) is 1.28. The maximum absolute atomic E-state index is 14.9. The molecule has 5 rings (SSSR count). The highest BCUT2D eigenvalue weighted by Gasteiger charge is 2.27. The Kier molecular flexibility index (Phi) is 5.62. The summed E-state index contributed by atoms with van der Waals surface area (Å²) in [6, 6.07) is 11.7. The fraction of sp³-hybridized carbons (Fsp3) is 0.240. The monoisotopic (exact) mass is 461 g/mol. The number of aryl methyl sites for hydroxylation is 1. The van der Waals surface area contributed by atoms with E-state index in [4.69, 9.17) is 4.74 Å². The minimum Gasteiger partial charge on any atom is -0.508 e. The van der Waals surface area contributed by atoms with Crippen molar-refractivity contribution in [2.75, 3.05) is 38.2 Å². The van der Waals surface area contributed by atoms with Gasteiger partial charge in [0.1, 0.15) is 11.6 Å². The molecule has 0 amide bonds. The van der Waals surface area contributed by atoms with E-state index in [1.807, 2.05) is 31.2 Å². The van der Waals surface area contributed by atoms with Gasteiger partial charge in [-0.05, 0) is 36.8 Å². The fourth-order valence-electron chi connectivity index (χ4n) is 4.44. The van der Waals surface area contributed by atoms with Crippen LogP contribution in [-0.2, 0) is 4.74 Å². The normalized spacial score (nSPS) is 13.9. The van der Waals surface area contributed by atoms with Crippen molar-refractivity contribution < 1.29 is 19.0 Å². The molecule has 0 atom stereocenters. The lowest BCUT2D eigenvalue weighted by molar-refractivity contribution is 0.0602. The number of hydrogen-bond donors (Lipinski definition) is 3. The van der Waals surface area contributed by atoms with Crippen molar-refractivity contribution >= 4 is 22.7 Å². The first kappa shape index (κ1) is 21.8. The molecule has 0 saturated carbocycles. The molecule has 8 nitrogen and oxygen atoms in total. The molecule has 1 aliphatic rings. The molecule has 0 aliphatic carbocycles. The number of methoxy groups -OCH3 is 1. The number of rotatable bonds is 4. The molecule has 1 saturated heterocycles. The standard InChI is InChI=1S/C25H24FN5O3/c1-14-20-21(15-3-5-16(6-4-15)31-11-9-27-10-12-31)22(25(33)34-2)23(28-24(20)30-29-14)18-8-7-17(32)13-19(18)26/h3-8,13,27,32H,9-12H2,1-2H3,(H,28,29,30). The number of phenolic OH excluding ortho intramolecular Hbond substituents is 1. The maximum Gasteiger partial charge on any atom is 0.340 e. The van der Waals surface area contributed by atoms with E-state index in [1.54, 1.807) is 0 Å². The third kappa shape index (κ3) is 3.73. The molecule has 34 heavy (non-hydrogen) atoms. The molecular weight excluding hydrogens is 437 g/mol. The second-order valence-electron chi connectivity index (χ2n) is 8.20. The molecule has 2 aromatic carbocycles. The van der Waals surface area contributed by atoms with Crippen LogP contribution in [0.1, 0.15) is 16.1 Å². The molecule has 0 bridgehead atoms. The smallest absolute Gasteiger partial charge is 0.340 e. The van der Waals surface area contributed by atoms with E-state index in [-0.39, 0.29) is 22.6 Å². The Morgan fingerprint density at radius 2 is 1.88 bits per heavy atom. The van der Waals surface area contributed by atoms with Crippen LogP contribution in [0.25, 0.3) is 33.4 Å². The van der Waals surface area contributed by atoms with Crippen LogP contribution in [0.2, 0.25) is 0 Å². The number of anilines is 1. The van der Waals surface area contributed by atoms with Gasteiger partial charge in [-0.25, -0.2) is 14.2 Å². The molecule has 9 heteroatoms. The summed E-state index contributed by atoms with van der Waals surface area (Å²) < 4.78 is 20.0. The largest absolute Gasteiger partial charge is 0.508 e. The molecule has 1 fully saturated rings. The van der Waals surface area contributed by atoms with Crippen molar-refractivity contribution in [1.29, 1.82) is 0 Å². The zero-order valence-electron chi connectivity index (χ0n) is 18.9. The maximum atomic E-state index is 14.9. The van der Waals surface area contributed by atoms with E-state index in [2.05, 4.69) is 25.4 Å². The Morgan fingerprint density at radius 3 is 2.56 bits per heavy atom. The van der Waals surface area contributed by atoms with Crippen molar-refractivity contribution in [3.05, 3.63) is 59.5 Å². The number of H-pyrrole nitrogens is 1. The van der Waals surface area contributed by atoms with Crippen LogP contribution in [0.15, 0.2) is 42.5 Å². The third-order valence-electron chi connectivity index (χ3n) is 6.12. The van der Waals surface area contributed by atoms with E-state index in [0.717, 1.165) is 49.2 Å². The van der Waals surface area contributed by atoms with Gasteiger partial charge in [0.15, 0.2) is 5.65 Å². The minimum absolute atomic E-state index is 0.0689. The molecular formula is C25H24FN5O3. The van der Waals surface area contributed by atoms with Crippen molar-refractivity contribution in [1.82, 2.24) is 20.5 Å². The first-order chi connectivity index (χ1) is 16.5. The summed E-state index contributed by atoms with van der Waals surface area (Å²) >= 11 is 0. The Balaban J connectivity index is 1.76. The lowest BCUT2D eigenvalue weighted by Crippen LogP contribution is -2.43. The van der Waals surface area contributed by atoms with E-state index >= 15 is 0 Å². The number of benzene rings is 2. The van der Waals surface area contributed by atoms with Gasteiger partial charge in [0.25, 0.3) is 0 Å². The van der Waals surface area contributed by atoms with Crippen LogP contribution in [0.3, 0.4) is 0 Å². The topological polar surface area (TPSA) is 103 Å². The number of hydrogen-bond acceptors (Lipinski definition) is 7. The number of nitrogens with zero attached hydrogens (tertiary/aromatic N) is 3. The zero-order chi connectivity index (χ0) is 23.8. The van der Waals surface area contributed by atoms with Gasteiger partial charge in [0.2, 0.25) is 0 Å². The number of aromatic amines is 1. The molecule has 1 aliphatic heterocycles. The fourth-order valence-corrected chi connectivity index (χ4v) is 4.44. The number of piperazine rings is 1. The highest BCUT2D eigenvalue weighted by molar-refractivity contribution is 6.11. The highest BCUT2D eigenvalue weighted by Crippen LogP contribution is 2.39. The molecule has 0 unspecified atom stereocenters. The molecule has 3 heterocycles. The summed E-state index contributed by atoms with van der Waals surface area (Å²) in [4.78, 5) is 19.9. The van der Waals surface area contributed by atoms with Gasteiger partial charge in [-0.1, -0.05) is 12.1 Å². The average molecular weight is 461 g/mol. The number of pyridine rings is 1. The number of aromatic hydroxyl groups is 1. The lowest BCUT2D eigenvalue weighted by Gasteiger charge is -2.29. The third-order valence-corrected chi connectivity index (χ3v) is 6.12. The van der Waals surface area contributed by atoms with Gasteiger partial charge in [-0.2, -0.15) is 5.10 Å². The summed E-state index contributed by atoms with van der Waals surface area (Å²) in [6.07, 6.45) is 0. The summed E-state index contributed by atoms with van der Waals surface area (Å²) in [5.41, 5.74) is 3.81. The van der Waals surface area contributed by atoms with Crippen LogP contribution in [0, 0.1) is 12.7 Å². The Morgan fingerprint density at radius 1 is 1.15 bits per heavy atom. The van der Waals surface area contributed by atoms with Crippen molar-refractivity contribution in [2.45, 2.75) is 6.92 Å². The number of carbonyl (C=O) groups excluding carboxylic acids is 1. The Labute approximate surface area is 195 Å². The van der Waals surface area contributed by atoms with Crippen molar-refractivity contribution in [3.8, 4) is 28.1 Å². The van der Waals surface area contributed by atoms with Crippen LogP contribution in [0.4, 0.5) is 10.1 Å². The Bertz CT molecular complexity index is 1380. The van der Waals surface area contributed by atoms with Crippen LogP contribution < -0.4 is 10.2 Å². The van der Waals surface area contributed by atoms with Gasteiger partial charge < -0.3 is 20.1 Å². The van der Waals surface area contributed by atoms with E-state index in [0.29, 0.717) is 16.6 Å². The summed E-state index contributed by atoms with van der Waals surface area (Å²) in [5.74, 6) is -1.57. The van der Waals surface area contributed by atoms with Gasteiger partial charge in [0, 0.05) is 54.8 Å². The number of carbonyl (C=O) groups is 1. The number of fused-ring (bicyclic) bond motifs is 1. The second kappa shape index (κ2) is 8.75. The van der Waals surface area contributed by atoms with Crippen molar-refractivity contribution in [2.24, 2.45) is 0 Å². The first-order valence-electron chi connectivity index (χ1n) is 11.0. The molecule has 4 aromatic rings. The predicted molar refractivity (Wildman–Crippen MR) is 128 cm³/mol. The summed E-state index contributed by atoms with van der Waals surface area (Å²) in [5, 5.41) is 20.9. The summed E-state index contributed by atoms with van der Waals surface area (Å²) in [6.45, 7) is 5.52. The SMILES string of the molecule is COC(=O)c1c(-c2ccc(O)cc2F)nc2n[nH]c(C)c2c1-c1ccc(N2CCNCC2)cc1. The number of esters is 1. The highest BCUT2D eigenvalue weighted by atomic mass is 19.1. The van der Waals surface area contributed by atoms with E-state index in [9.17, 15) is 14.3 Å². The number of ether oxygens (including phenoxy) is 1. The zero-order valence-corrected chi connectivity index (χ0v) is 18.9. The van der Waals surface area contributed by atoms with Crippen LogP contribution >= 0.6 is 0 Å². The minimum atomic E-state index is -0.704. The molecule has 174 valence electrons. The number of phenols is 1. The van der Waals surface area contributed by atoms with Gasteiger partial charge in [-0.15, -0.1) is 0 Å². The van der Waals surface area contributed by atoms with Crippen molar-refractivity contribution in [3.63, 3.8) is 0 Å². The lowest BCUT2D eigenvalue weighted by atomic mass is 9.92. The molecule has 0 spiro atoms. The molecule has 3 N–H and O–H groups in total. The predicted octanol–water partition coefficient (Wildman–Crippen LogP) is 3.64. The number of halogens is 1. The van der Waals surface area contributed by atoms with Gasteiger partial charge in [-0.3, -0.25) is 5.10 Å². The van der Waals surface area contributed by atoms with Crippen LogP contribution in [0.5, 0.6) is 5.75 Å². The second-order valence-corrected chi connectivity index (χ2v) is 8.20. The Hall–Kier alpha value is -3.98. The quantitative estimate of drug-likeness (QED) is 0.399. The molecule has 2 aromatic heterocycles. The van der Waals surface area contributed by atoms with Gasteiger partial charge in [0.05, 0.1) is 23.8 Å². The number of aromatic nitrogens is 3. The molecule has 0 radical (unpaired) electrons. The first-order valence-corrected chi connectivity index (χ1v) is 11.0. The average Bonchev–Trinajstić information content (AvgIpc) is 3.23. The van der Waals surface area contributed by atoms with Gasteiger partial charge >= 0.3 is 5.97 Å². The number of nitrogens with one attached hydrogen (secondary N) is 2. The van der Waals surface area contributed by atoms with E-state index < -0.39 is 11.8 Å². The van der Waals surface area contributed by atoms with Crippen LogP contribution in [-0.4, -0.2) is 59.5 Å². The van der Waals surface area contributed by atoms with E-state index in [1.165, 1.54) is 19.2 Å².